The van der Waals surface area contributed by atoms with E-state index in [2.05, 4.69) is 35.1 Å². The number of benzene rings is 3. The number of alkyl halides is 3. The number of hydrogen-bond acceptors (Lipinski definition) is 4. The second-order valence-corrected chi connectivity index (χ2v) is 10.4. The maximum atomic E-state index is 13.3. The number of unbranched alkanes of at least 4 members (excludes halogenated alkanes) is 2. The van der Waals surface area contributed by atoms with Crippen molar-refractivity contribution in [1.82, 2.24) is 0 Å². The third-order valence-electron chi connectivity index (χ3n) is 7.83. The summed E-state index contributed by atoms with van der Waals surface area (Å²) < 4.78 is 59.2. The van der Waals surface area contributed by atoms with Gasteiger partial charge in [0.25, 0.3) is 0 Å². The number of anilines is 1. The molecule has 1 aromatic heterocycles. The van der Waals surface area contributed by atoms with Crippen molar-refractivity contribution in [1.29, 1.82) is 0 Å². The van der Waals surface area contributed by atoms with Crippen molar-refractivity contribution >= 4 is 16.5 Å². The van der Waals surface area contributed by atoms with Gasteiger partial charge in [0.2, 0.25) is 12.5 Å². The van der Waals surface area contributed by atoms with Gasteiger partial charge in [-0.25, -0.2) is 0 Å². The largest absolute Gasteiger partial charge is 0.495 e. The third-order valence-corrected chi connectivity index (χ3v) is 7.83. The molecule has 1 N–H and O–H groups in total. The lowest BCUT2D eigenvalue weighted by Crippen LogP contribution is -2.41. The van der Waals surface area contributed by atoms with Gasteiger partial charge in [0.1, 0.15) is 5.75 Å². The van der Waals surface area contributed by atoms with Gasteiger partial charge >= 0.3 is 6.18 Å². The molecule has 0 fully saturated rings. The lowest BCUT2D eigenvalue weighted by molar-refractivity contribution is -0.686. The van der Waals surface area contributed by atoms with Crippen molar-refractivity contribution in [2.75, 3.05) is 25.8 Å². The van der Waals surface area contributed by atoms with Gasteiger partial charge in [-0.2, -0.15) is 17.7 Å². The summed E-state index contributed by atoms with van der Waals surface area (Å²) in [6.45, 7) is 3.97. The molecule has 0 spiro atoms. The number of aryl methyl sites for hydroxylation is 2. The quantitative estimate of drug-likeness (QED) is 0.185. The summed E-state index contributed by atoms with van der Waals surface area (Å²) in [5.74, 6) is 2.23. The van der Waals surface area contributed by atoms with Gasteiger partial charge in [0, 0.05) is 30.3 Å². The van der Waals surface area contributed by atoms with Crippen molar-refractivity contribution in [3.8, 4) is 28.5 Å². The molecule has 3 aromatic carbocycles. The first kappa shape index (κ1) is 26.3. The molecule has 40 heavy (non-hydrogen) atoms. The minimum atomic E-state index is -4.37. The van der Waals surface area contributed by atoms with Crippen molar-refractivity contribution in [3.63, 3.8) is 0 Å². The number of methoxy groups -OCH3 is 1. The van der Waals surface area contributed by atoms with E-state index in [1.807, 2.05) is 12.1 Å². The highest BCUT2D eigenvalue weighted by atomic mass is 19.4. The molecule has 0 saturated carbocycles. The third kappa shape index (κ3) is 4.80. The van der Waals surface area contributed by atoms with E-state index >= 15 is 0 Å². The zero-order valence-electron chi connectivity index (χ0n) is 22.7. The van der Waals surface area contributed by atoms with Crippen LogP contribution in [-0.2, 0) is 25.6 Å². The van der Waals surface area contributed by atoms with Gasteiger partial charge in [-0.05, 0) is 53.9 Å². The number of fused-ring (bicyclic) bond motifs is 5. The molecule has 0 saturated heterocycles. The first-order chi connectivity index (χ1) is 19.4. The van der Waals surface area contributed by atoms with Crippen molar-refractivity contribution in [3.05, 3.63) is 77.0 Å². The molecule has 0 atom stereocenters. The molecule has 8 heteroatoms. The molecule has 0 unspecified atom stereocenters. The van der Waals surface area contributed by atoms with E-state index < -0.39 is 11.7 Å². The molecule has 0 radical (unpaired) electrons. The Kier molecular flexibility index (Phi) is 6.94. The Balaban J connectivity index is 1.54. The van der Waals surface area contributed by atoms with Crippen LogP contribution in [0.5, 0.6) is 17.2 Å². The first-order valence-corrected chi connectivity index (χ1v) is 13.8. The Morgan fingerprint density at radius 3 is 2.48 bits per heavy atom. The fourth-order valence-electron chi connectivity index (χ4n) is 5.80. The Hall–Kier alpha value is -3.94. The molecular formula is C32H32F3N2O3+. The van der Waals surface area contributed by atoms with E-state index in [1.165, 1.54) is 5.56 Å². The topological polar surface area (TPSA) is 43.6 Å². The highest BCUT2D eigenvalue weighted by molar-refractivity contribution is 6.00. The summed E-state index contributed by atoms with van der Waals surface area (Å²) in [6.07, 6.45) is 2.43. The van der Waals surface area contributed by atoms with Gasteiger partial charge < -0.3 is 19.5 Å². The number of halogens is 3. The monoisotopic (exact) mass is 549 g/mol. The molecule has 6 rings (SSSR count). The molecule has 4 aromatic rings. The molecule has 5 nitrogen and oxygen atoms in total. The summed E-state index contributed by atoms with van der Waals surface area (Å²) in [7, 11) is 1.67. The fourth-order valence-corrected chi connectivity index (χ4v) is 5.80. The van der Waals surface area contributed by atoms with Crippen molar-refractivity contribution in [2.24, 2.45) is 0 Å². The van der Waals surface area contributed by atoms with E-state index in [4.69, 9.17) is 14.2 Å². The molecule has 2 aliphatic heterocycles. The average molecular weight is 550 g/mol. The SMILES string of the molecule is CCCCCNc1c(OC)ccc2c(Cc3ccc(C(F)(F)F)cc3)c3[n+](cc12)CCc1cc2c(cc1-3)OCO2. The number of hydrogen-bond donors (Lipinski definition) is 1. The van der Waals surface area contributed by atoms with Crippen LogP contribution in [0, 0.1) is 0 Å². The second-order valence-electron chi connectivity index (χ2n) is 10.4. The van der Waals surface area contributed by atoms with Crippen molar-refractivity contribution < 1.29 is 31.9 Å². The van der Waals surface area contributed by atoms with E-state index in [-0.39, 0.29) is 6.79 Å². The van der Waals surface area contributed by atoms with Gasteiger partial charge in [-0.15, -0.1) is 0 Å². The average Bonchev–Trinajstić information content (AvgIpc) is 3.41. The Morgan fingerprint density at radius 1 is 0.975 bits per heavy atom. The molecule has 0 amide bonds. The van der Waals surface area contributed by atoms with Crippen molar-refractivity contribution in [2.45, 2.75) is 51.7 Å². The predicted molar refractivity (Wildman–Crippen MR) is 148 cm³/mol. The zero-order valence-corrected chi connectivity index (χ0v) is 22.7. The van der Waals surface area contributed by atoms with E-state index in [0.29, 0.717) is 12.2 Å². The van der Waals surface area contributed by atoms with Gasteiger partial charge in [-0.1, -0.05) is 31.9 Å². The molecule has 0 aliphatic carbocycles. The first-order valence-electron chi connectivity index (χ1n) is 13.8. The van der Waals surface area contributed by atoms with Crippen LogP contribution in [0.2, 0.25) is 0 Å². The zero-order chi connectivity index (χ0) is 27.9. The number of rotatable bonds is 8. The highest BCUT2D eigenvalue weighted by Gasteiger charge is 2.33. The number of pyridine rings is 1. The van der Waals surface area contributed by atoms with E-state index in [0.717, 1.165) is 101 Å². The molecule has 208 valence electrons. The lowest BCUT2D eigenvalue weighted by atomic mass is 9.88. The lowest BCUT2D eigenvalue weighted by Gasteiger charge is -2.22. The van der Waals surface area contributed by atoms with Gasteiger partial charge in [-0.3, -0.25) is 0 Å². The Bertz CT molecular complexity index is 1570. The summed E-state index contributed by atoms with van der Waals surface area (Å²) in [5, 5.41) is 5.69. The van der Waals surface area contributed by atoms with E-state index in [9.17, 15) is 13.2 Å². The Morgan fingerprint density at radius 2 is 1.75 bits per heavy atom. The summed E-state index contributed by atoms with van der Waals surface area (Å²) in [6, 6.07) is 13.6. The number of nitrogens with zero attached hydrogens (tertiary/aromatic N) is 1. The number of nitrogens with one attached hydrogen (secondary N) is 1. The van der Waals surface area contributed by atoms with E-state index in [1.54, 1.807) is 19.2 Å². The molecule has 2 aliphatic rings. The van der Waals surface area contributed by atoms with Crippen LogP contribution in [0.3, 0.4) is 0 Å². The van der Waals surface area contributed by atoms with Gasteiger partial charge in [0.15, 0.2) is 24.2 Å². The molecule has 3 heterocycles. The standard InChI is InChI=1S/C32H31F3N2O3/c1-3-4-5-13-36-30-26-18-37-14-12-21-16-28-29(40-19-39-28)17-24(21)31(37)25(23(26)10-11-27(30)38-2)15-20-6-8-22(9-7-20)32(33,34)35/h6-11,16-18H,3-5,12-15,19H2,1-2H3/p+1. The van der Waals surface area contributed by atoms with Crippen LogP contribution in [0.15, 0.2) is 54.7 Å². The van der Waals surface area contributed by atoms with Crippen LogP contribution < -0.4 is 24.1 Å². The minimum absolute atomic E-state index is 0.196. The number of aromatic nitrogens is 1. The summed E-state index contributed by atoms with van der Waals surface area (Å²) >= 11 is 0. The summed E-state index contributed by atoms with van der Waals surface area (Å²) in [5.41, 5.74) is 5.44. The molecule has 0 bridgehead atoms. The number of ether oxygens (including phenoxy) is 3. The fraction of sp³-hybridized carbons (Fsp3) is 0.344. The Labute approximate surface area is 231 Å². The second kappa shape index (κ2) is 10.6. The van der Waals surface area contributed by atoms with Crippen LogP contribution in [-0.4, -0.2) is 20.4 Å². The van der Waals surface area contributed by atoms with Gasteiger partial charge in [0.05, 0.1) is 29.3 Å². The predicted octanol–water partition coefficient (Wildman–Crippen LogP) is 7.30. The minimum Gasteiger partial charge on any atom is -0.495 e. The van der Waals surface area contributed by atoms with Crippen LogP contribution in [0.1, 0.15) is 48.4 Å². The highest BCUT2D eigenvalue weighted by Crippen LogP contribution is 2.43. The maximum Gasteiger partial charge on any atom is 0.416 e. The van der Waals surface area contributed by atoms with Crippen LogP contribution in [0.25, 0.3) is 22.0 Å². The summed E-state index contributed by atoms with van der Waals surface area (Å²) in [4.78, 5) is 0. The van der Waals surface area contributed by atoms with Crippen LogP contribution in [0.4, 0.5) is 18.9 Å². The smallest absolute Gasteiger partial charge is 0.416 e. The molecular weight excluding hydrogens is 517 g/mol. The van der Waals surface area contributed by atoms with Crippen LogP contribution >= 0.6 is 0 Å². The normalized spacial score (nSPS) is 13.7. The maximum absolute atomic E-state index is 13.3.